The quantitative estimate of drug-likeness (QED) is 0.601. The van der Waals surface area contributed by atoms with Crippen LogP contribution in [0.4, 0.5) is 10.1 Å². The molecule has 0 aromatic heterocycles. The minimum absolute atomic E-state index is 0.109. The van der Waals surface area contributed by atoms with E-state index in [-0.39, 0.29) is 13.1 Å². The summed E-state index contributed by atoms with van der Waals surface area (Å²) in [7, 11) is -4.15. The highest BCUT2D eigenvalue weighted by Crippen LogP contribution is 2.27. The third-order valence-electron chi connectivity index (χ3n) is 2.56. The first-order valence-corrected chi connectivity index (χ1v) is 7.33. The number of nitro groups is 1. The Balaban J connectivity index is 3.36. The summed E-state index contributed by atoms with van der Waals surface area (Å²) in [4.78, 5) is 9.34. The topological polar surface area (TPSA) is 101 Å². The minimum Gasteiger partial charge on any atom is -0.395 e. The van der Waals surface area contributed by atoms with E-state index in [1.54, 1.807) is 6.92 Å². The largest absolute Gasteiger partial charge is 0.395 e. The standard InChI is InChI=1S/C11H15FN2O5S/c1-2-5-13(6-7-15)20(18,19)11-4-3-9(12)8-10(11)14(16)17/h3-4,8,15H,2,5-7H2,1H3. The van der Waals surface area contributed by atoms with Gasteiger partial charge in [-0.1, -0.05) is 6.92 Å². The molecule has 0 heterocycles. The Bertz CT molecular complexity index is 584. The Morgan fingerprint density at radius 2 is 2.05 bits per heavy atom. The number of sulfonamides is 1. The van der Waals surface area contributed by atoms with Crippen LogP contribution < -0.4 is 0 Å². The summed E-state index contributed by atoms with van der Waals surface area (Å²) in [6.07, 6.45) is 0.480. The van der Waals surface area contributed by atoms with Gasteiger partial charge in [0.15, 0.2) is 4.90 Å². The number of hydrogen-bond acceptors (Lipinski definition) is 5. The van der Waals surface area contributed by atoms with Gasteiger partial charge in [0.05, 0.1) is 17.6 Å². The molecule has 1 rings (SSSR count). The zero-order valence-electron chi connectivity index (χ0n) is 10.8. The Morgan fingerprint density at radius 3 is 2.55 bits per heavy atom. The van der Waals surface area contributed by atoms with Crippen molar-refractivity contribution in [1.82, 2.24) is 4.31 Å². The zero-order chi connectivity index (χ0) is 15.3. The molecule has 0 aliphatic carbocycles. The van der Waals surface area contributed by atoms with Gasteiger partial charge in [0.2, 0.25) is 10.0 Å². The van der Waals surface area contributed by atoms with Crippen molar-refractivity contribution in [2.24, 2.45) is 0 Å². The fraction of sp³-hybridized carbons (Fsp3) is 0.455. The van der Waals surface area contributed by atoms with E-state index in [1.165, 1.54) is 0 Å². The van der Waals surface area contributed by atoms with Crippen LogP contribution in [0, 0.1) is 15.9 Å². The zero-order valence-corrected chi connectivity index (χ0v) is 11.6. The second-order valence-corrected chi connectivity index (χ2v) is 5.90. The molecule has 1 N–H and O–H groups in total. The number of nitrogens with zero attached hydrogens (tertiary/aromatic N) is 2. The predicted molar refractivity (Wildman–Crippen MR) is 69.2 cm³/mol. The van der Waals surface area contributed by atoms with Crippen LogP contribution in [-0.4, -0.2) is 42.4 Å². The van der Waals surface area contributed by atoms with Gasteiger partial charge in [-0.3, -0.25) is 10.1 Å². The van der Waals surface area contributed by atoms with Crippen molar-refractivity contribution < 1.29 is 22.8 Å². The lowest BCUT2D eigenvalue weighted by molar-refractivity contribution is -0.388. The van der Waals surface area contributed by atoms with Crippen molar-refractivity contribution in [3.8, 4) is 0 Å². The number of halogens is 1. The summed E-state index contributed by atoms with van der Waals surface area (Å²) in [6.45, 7) is 1.26. The summed E-state index contributed by atoms with van der Waals surface area (Å²) >= 11 is 0. The summed E-state index contributed by atoms with van der Waals surface area (Å²) < 4.78 is 38.7. The molecule has 0 atom stereocenters. The van der Waals surface area contributed by atoms with Gasteiger partial charge < -0.3 is 5.11 Å². The highest BCUT2D eigenvalue weighted by atomic mass is 32.2. The number of aliphatic hydroxyl groups is 1. The number of rotatable bonds is 7. The molecule has 0 aliphatic heterocycles. The molecule has 112 valence electrons. The van der Waals surface area contributed by atoms with Crippen LogP contribution in [-0.2, 0) is 10.0 Å². The van der Waals surface area contributed by atoms with Gasteiger partial charge in [-0.15, -0.1) is 0 Å². The van der Waals surface area contributed by atoms with Gasteiger partial charge in [-0.05, 0) is 18.6 Å². The Kier molecular flexibility index (Phi) is 5.54. The molecule has 9 heteroatoms. The maximum Gasteiger partial charge on any atom is 0.292 e. The van der Waals surface area contributed by atoms with Crippen molar-refractivity contribution in [1.29, 1.82) is 0 Å². The molecule has 20 heavy (non-hydrogen) atoms. The molecule has 0 radical (unpaired) electrons. The molecule has 7 nitrogen and oxygen atoms in total. The van der Waals surface area contributed by atoms with Crippen molar-refractivity contribution >= 4 is 15.7 Å². The van der Waals surface area contributed by atoms with E-state index in [1.807, 2.05) is 0 Å². The normalized spacial score (nSPS) is 11.8. The maximum atomic E-state index is 13.0. The summed E-state index contributed by atoms with van der Waals surface area (Å²) in [5.74, 6) is -0.889. The molecule has 1 aromatic rings. The van der Waals surface area contributed by atoms with Crippen LogP contribution in [0.25, 0.3) is 0 Å². The van der Waals surface area contributed by atoms with Gasteiger partial charge in [-0.2, -0.15) is 4.31 Å². The van der Waals surface area contributed by atoms with E-state index >= 15 is 0 Å². The SMILES string of the molecule is CCCN(CCO)S(=O)(=O)c1ccc(F)cc1[N+](=O)[O-]. The number of hydrogen-bond donors (Lipinski definition) is 1. The molecule has 0 unspecified atom stereocenters. The predicted octanol–water partition coefficient (Wildman–Crippen LogP) is 1.13. The molecule has 0 saturated heterocycles. The van der Waals surface area contributed by atoms with Gasteiger partial charge in [0.1, 0.15) is 5.82 Å². The second kappa shape index (κ2) is 6.73. The summed E-state index contributed by atoms with van der Waals surface area (Å²) in [6, 6.07) is 2.28. The molecular weight excluding hydrogens is 291 g/mol. The Morgan fingerprint density at radius 1 is 1.40 bits per heavy atom. The van der Waals surface area contributed by atoms with Crippen molar-refractivity contribution in [3.63, 3.8) is 0 Å². The molecule has 0 aliphatic rings. The average Bonchev–Trinajstić information content (AvgIpc) is 2.38. The third kappa shape index (κ3) is 3.50. The lowest BCUT2D eigenvalue weighted by Crippen LogP contribution is -2.34. The molecule has 0 saturated carbocycles. The average molecular weight is 306 g/mol. The van der Waals surface area contributed by atoms with Crippen LogP contribution in [0.3, 0.4) is 0 Å². The maximum absolute atomic E-state index is 13.0. The number of nitro benzene ring substituents is 1. The van der Waals surface area contributed by atoms with E-state index < -0.39 is 38.0 Å². The lowest BCUT2D eigenvalue weighted by Gasteiger charge is -2.20. The molecule has 0 spiro atoms. The third-order valence-corrected chi connectivity index (χ3v) is 4.50. The molecule has 1 aromatic carbocycles. The van der Waals surface area contributed by atoms with Crippen molar-refractivity contribution in [3.05, 3.63) is 34.1 Å². The van der Waals surface area contributed by atoms with Gasteiger partial charge in [0, 0.05) is 13.1 Å². The van der Waals surface area contributed by atoms with E-state index in [2.05, 4.69) is 0 Å². The molecule has 0 bridgehead atoms. The highest BCUT2D eigenvalue weighted by Gasteiger charge is 2.31. The second-order valence-electron chi connectivity index (χ2n) is 4.00. The molecular formula is C11H15FN2O5S. The smallest absolute Gasteiger partial charge is 0.292 e. The van der Waals surface area contributed by atoms with Crippen LogP contribution in [0.15, 0.2) is 23.1 Å². The van der Waals surface area contributed by atoms with Gasteiger partial charge in [-0.25, -0.2) is 12.8 Å². The van der Waals surface area contributed by atoms with E-state index in [0.29, 0.717) is 12.5 Å². The minimum atomic E-state index is -4.15. The first kappa shape index (κ1) is 16.5. The van der Waals surface area contributed by atoms with E-state index in [4.69, 9.17) is 5.11 Å². The van der Waals surface area contributed by atoms with Crippen LogP contribution >= 0.6 is 0 Å². The fourth-order valence-electron chi connectivity index (χ4n) is 1.70. The Labute approximate surface area is 115 Å². The first-order chi connectivity index (χ1) is 9.34. The van der Waals surface area contributed by atoms with Crippen molar-refractivity contribution in [2.75, 3.05) is 19.7 Å². The van der Waals surface area contributed by atoms with E-state index in [0.717, 1.165) is 16.4 Å². The molecule has 0 fully saturated rings. The van der Waals surface area contributed by atoms with E-state index in [9.17, 15) is 22.9 Å². The van der Waals surface area contributed by atoms with Gasteiger partial charge in [0.25, 0.3) is 5.69 Å². The lowest BCUT2D eigenvalue weighted by atomic mass is 10.3. The summed E-state index contributed by atoms with van der Waals surface area (Å²) in [5, 5.41) is 19.8. The van der Waals surface area contributed by atoms with Crippen molar-refractivity contribution in [2.45, 2.75) is 18.2 Å². The highest BCUT2D eigenvalue weighted by molar-refractivity contribution is 7.89. The van der Waals surface area contributed by atoms with Crippen LogP contribution in [0.1, 0.15) is 13.3 Å². The van der Waals surface area contributed by atoms with Crippen LogP contribution in [0.2, 0.25) is 0 Å². The number of aliphatic hydroxyl groups excluding tert-OH is 1. The van der Waals surface area contributed by atoms with Crippen LogP contribution in [0.5, 0.6) is 0 Å². The summed E-state index contributed by atoms with van der Waals surface area (Å²) in [5.41, 5.74) is -0.816. The monoisotopic (exact) mass is 306 g/mol. The van der Waals surface area contributed by atoms with Gasteiger partial charge >= 0.3 is 0 Å². The molecule has 0 amide bonds. The fourth-order valence-corrected chi connectivity index (χ4v) is 3.36. The Hall–Kier alpha value is -1.58. The number of benzene rings is 1. The first-order valence-electron chi connectivity index (χ1n) is 5.89.